The van der Waals surface area contributed by atoms with Crippen LogP contribution in [-0.4, -0.2) is 19.7 Å². The Morgan fingerprint density at radius 3 is 2.43 bits per heavy atom. The molecule has 0 saturated heterocycles. The minimum atomic E-state index is -0.103. The van der Waals surface area contributed by atoms with E-state index in [9.17, 15) is 4.79 Å². The van der Waals surface area contributed by atoms with Gasteiger partial charge in [0.15, 0.2) is 0 Å². The maximum atomic E-state index is 11.6. The van der Waals surface area contributed by atoms with Gasteiger partial charge in [-0.25, -0.2) is 9.97 Å². The van der Waals surface area contributed by atoms with Gasteiger partial charge in [-0.3, -0.25) is 9.89 Å². The number of rotatable bonds is 1. The van der Waals surface area contributed by atoms with Crippen LogP contribution in [-0.2, 0) is 0 Å². The number of hydrogen-bond donors (Lipinski definition) is 1. The minimum absolute atomic E-state index is 0.103. The highest BCUT2D eigenvalue weighted by atomic mass is 16.1. The number of aromatic nitrogens is 4. The lowest BCUT2D eigenvalue weighted by atomic mass is 10.3. The standard InChI is InChI=1S/C9H10N4O/c1-6-7(2)12-13(8(6)14)9-10-4-3-5-11-9/h3-5,12H,1-2H3. The summed E-state index contributed by atoms with van der Waals surface area (Å²) < 4.78 is 1.34. The summed E-state index contributed by atoms with van der Waals surface area (Å²) in [4.78, 5) is 19.6. The zero-order valence-electron chi connectivity index (χ0n) is 7.98. The van der Waals surface area contributed by atoms with Crippen LogP contribution in [0.25, 0.3) is 5.95 Å². The topological polar surface area (TPSA) is 63.6 Å². The Balaban J connectivity index is 2.64. The third-order valence-corrected chi connectivity index (χ3v) is 2.12. The predicted octanol–water partition coefficient (Wildman–Crippen LogP) is 0.572. The molecule has 0 aliphatic rings. The van der Waals surface area contributed by atoms with Crippen LogP contribution in [0.5, 0.6) is 0 Å². The quantitative estimate of drug-likeness (QED) is 0.715. The van der Waals surface area contributed by atoms with Crippen molar-refractivity contribution in [3.05, 3.63) is 40.1 Å². The van der Waals surface area contributed by atoms with Crippen molar-refractivity contribution in [3.63, 3.8) is 0 Å². The molecule has 2 aromatic rings. The van der Waals surface area contributed by atoms with Crippen LogP contribution in [0.2, 0.25) is 0 Å². The van der Waals surface area contributed by atoms with E-state index in [1.165, 1.54) is 4.68 Å². The van der Waals surface area contributed by atoms with E-state index in [2.05, 4.69) is 15.1 Å². The third-order valence-electron chi connectivity index (χ3n) is 2.12. The van der Waals surface area contributed by atoms with Gasteiger partial charge in [-0.1, -0.05) is 0 Å². The molecule has 2 rings (SSSR count). The first-order chi connectivity index (χ1) is 6.70. The number of aromatic amines is 1. The van der Waals surface area contributed by atoms with Crippen molar-refractivity contribution in [3.8, 4) is 5.95 Å². The van der Waals surface area contributed by atoms with Crippen molar-refractivity contribution in [2.24, 2.45) is 0 Å². The molecule has 0 saturated carbocycles. The molecule has 0 fully saturated rings. The SMILES string of the molecule is Cc1[nH]n(-c2ncccn2)c(=O)c1C. The Labute approximate surface area is 80.4 Å². The molecule has 0 spiro atoms. The van der Waals surface area contributed by atoms with Gasteiger partial charge in [0, 0.05) is 23.7 Å². The smallest absolute Gasteiger partial charge is 0.277 e. The first kappa shape index (κ1) is 8.68. The summed E-state index contributed by atoms with van der Waals surface area (Å²) in [6, 6.07) is 1.71. The second-order valence-corrected chi connectivity index (χ2v) is 3.05. The Kier molecular flexibility index (Phi) is 1.92. The molecule has 0 unspecified atom stereocenters. The maximum Gasteiger partial charge on any atom is 0.277 e. The lowest BCUT2D eigenvalue weighted by Crippen LogP contribution is -2.18. The molecule has 0 aromatic carbocycles. The zero-order chi connectivity index (χ0) is 10.1. The van der Waals surface area contributed by atoms with Gasteiger partial charge in [0.2, 0.25) is 0 Å². The Morgan fingerprint density at radius 1 is 1.29 bits per heavy atom. The van der Waals surface area contributed by atoms with Crippen LogP contribution in [0.3, 0.4) is 0 Å². The van der Waals surface area contributed by atoms with Gasteiger partial charge in [0.1, 0.15) is 0 Å². The molecule has 0 aliphatic carbocycles. The molecule has 0 amide bonds. The average molecular weight is 190 g/mol. The summed E-state index contributed by atoms with van der Waals surface area (Å²) >= 11 is 0. The number of hydrogen-bond acceptors (Lipinski definition) is 3. The number of nitrogens with one attached hydrogen (secondary N) is 1. The first-order valence-corrected chi connectivity index (χ1v) is 4.26. The van der Waals surface area contributed by atoms with Gasteiger partial charge in [0.25, 0.3) is 11.5 Å². The van der Waals surface area contributed by atoms with E-state index < -0.39 is 0 Å². The summed E-state index contributed by atoms with van der Waals surface area (Å²) in [6.07, 6.45) is 3.20. The van der Waals surface area contributed by atoms with Gasteiger partial charge in [-0.2, -0.15) is 4.68 Å². The Hall–Kier alpha value is -1.91. The van der Waals surface area contributed by atoms with Crippen molar-refractivity contribution < 1.29 is 0 Å². The van der Waals surface area contributed by atoms with Gasteiger partial charge in [-0.15, -0.1) is 0 Å². The maximum absolute atomic E-state index is 11.6. The first-order valence-electron chi connectivity index (χ1n) is 4.26. The molecule has 2 heterocycles. The summed E-state index contributed by atoms with van der Waals surface area (Å²) in [6.45, 7) is 3.61. The fourth-order valence-electron chi connectivity index (χ4n) is 1.18. The summed E-state index contributed by atoms with van der Waals surface area (Å²) in [7, 11) is 0. The van der Waals surface area contributed by atoms with Crippen LogP contribution in [0.4, 0.5) is 0 Å². The Bertz CT molecular complexity index is 497. The summed E-state index contributed by atoms with van der Waals surface area (Å²) in [5, 5.41) is 2.91. The normalized spacial score (nSPS) is 10.4. The fraction of sp³-hybridized carbons (Fsp3) is 0.222. The predicted molar refractivity (Wildman–Crippen MR) is 51.5 cm³/mol. The van der Waals surface area contributed by atoms with Crippen LogP contribution < -0.4 is 5.56 Å². The summed E-state index contributed by atoms with van der Waals surface area (Å²) in [5.41, 5.74) is 1.42. The van der Waals surface area contributed by atoms with Crippen molar-refractivity contribution >= 4 is 0 Å². The average Bonchev–Trinajstić information content (AvgIpc) is 2.47. The van der Waals surface area contributed by atoms with Crippen LogP contribution >= 0.6 is 0 Å². The van der Waals surface area contributed by atoms with E-state index in [4.69, 9.17) is 0 Å². The van der Waals surface area contributed by atoms with Gasteiger partial charge in [-0.05, 0) is 19.9 Å². The molecular weight excluding hydrogens is 180 g/mol. The number of aryl methyl sites for hydroxylation is 1. The molecule has 0 bridgehead atoms. The lowest BCUT2D eigenvalue weighted by Gasteiger charge is -1.96. The van der Waals surface area contributed by atoms with Crippen molar-refractivity contribution in [1.29, 1.82) is 0 Å². The van der Waals surface area contributed by atoms with Gasteiger partial charge < -0.3 is 0 Å². The molecule has 1 N–H and O–H groups in total. The fourth-order valence-corrected chi connectivity index (χ4v) is 1.18. The largest absolute Gasteiger partial charge is 0.292 e. The molecule has 5 nitrogen and oxygen atoms in total. The van der Waals surface area contributed by atoms with Crippen molar-refractivity contribution in [1.82, 2.24) is 19.7 Å². The molecule has 0 radical (unpaired) electrons. The van der Waals surface area contributed by atoms with E-state index in [0.717, 1.165) is 5.69 Å². The van der Waals surface area contributed by atoms with E-state index in [0.29, 0.717) is 11.5 Å². The van der Waals surface area contributed by atoms with Crippen LogP contribution in [0.15, 0.2) is 23.3 Å². The Morgan fingerprint density at radius 2 is 1.93 bits per heavy atom. The van der Waals surface area contributed by atoms with E-state index in [1.807, 2.05) is 6.92 Å². The van der Waals surface area contributed by atoms with Crippen LogP contribution in [0, 0.1) is 13.8 Å². The highest BCUT2D eigenvalue weighted by Crippen LogP contribution is 1.99. The van der Waals surface area contributed by atoms with Crippen molar-refractivity contribution in [2.75, 3.05) is 0 Å². The third kappa shape index (κ3) is 1.22. The lowest BCUT2D eigenvalue weighted by molar-refractivity contribution is 0.773. The van der Waals surface area contributed by atoms with Gasteiger partial charge in [0.05, 0.1) is 0 Å². The van der Waals surface area contributed by atoms with Crippen LogP contribution in [0.1, 0.15) is 11.3 Å². The minimum Gasteiger partial charge on any atom is -0.292 e. The molecule has 0 aliphatic heterocycles. The van der Waals surface area contributed by atoms with E-state index >= 15 is 0 Å². The highest BCUT2D eigenvalue weighted by molar-refractivity contribution is 5.19. The number of H-pyrrole nitrogens is 1. The molecule has 0 atom stereocenters. The molecule has 14 heavy (non-hydrogen) atoms. The number of nitrogens with zero attached hydrogens (tertiary/aromatic N) is 3. The second-order valence-electron chi connectivity index (χ2n) is 3.05. The van der Waals surface area contributed by atoms with Gasteiger partial charge >= 0.3 is 0 Å². The molecule has 2 aromatic heterocycles. The second kappa shape index (κ2) is 3.10. The molecule has 72 valence electrons. The van der Waals surface area contributed by atoms with E-state index in [-0.39, 0.29) is 5.56 Å². The summed E-state index contributed by atoms with van der Waals surface area (Å²) in [5.74, 6) is 0.369. The van der Waals surface area contributed by atoms with E-state index in [1.54, 1.807) is 25.4 Å². The van der Waals surface area contributed by atoms with Crippen molar-refractivity contribution in [2.45, 2.75) is 13.8 Å². The zero-order valence-corrected chi connectivity index (χ0v) is 7.98. The molecular formula is C9H10N4O. The highest BCUT2D eigenvalue weighted by Gasteiger charge is 2.08. The monoisotopic (exact) mass is 190 g/mol. The molecule has 5 heteroatoms.